The van der Waals surface area contributed by atoms with Crippen LogP contribution < -0.4 is 16.2 Å². The molecule has 2 fully saturated rings. The summed E-state index contributed by atoms with van der Waals surface area (Å²) in [6, 6.07) is 16.8. The molecule has 4 heterocycles. The number of aromatic nitrogens is 4. The minimum absolute atomic E-state index is 0.0905. The highest BCUT2D eigenvalue weighted by atomic mass is 16.5. The molecule has 0 radical (unpaired) electrons. The number of para-hydroxylation sites is 1. The van der Waals surface area contributed by atoms with Crippen molar-refractivity contribution in [2.45, 2.75) is 45.1 Å². The molecule has 2 aromatic heterocycles. The number of carbonyl (C=O) groups is 1. The van der Waals surface area contributed by atoms with E-state index in [-0.39, 0.29) is 23.5 Å². The number of unbranched alkanes of at least 4 members (excludes halogenated alkanes) is 1. The fraction of sp³-hybridized carbons (Fsp3) is 0.353. The molecule has 2 aliphatic heterocycles. The van der Waals surface area contributed by atoms with Crippen LogP contribution in [0.2, 0.25) is 0 Å². The number of hydrogen-bond donors (Lipinski definition) is 1. The first-order valence-electron chi connectivity index (χ1n) is 15.2. The van der Waals surface area contributed by atoms with Crippen molar-refractivity contribution in [1.29, 1.82) is 5.26 Å². The molecule has 2 saturated heterocycles. The third-order valence-electron chi connectivity index (χ3n) is 8.24. The molecule has 0 spiro atoms. The summed E-state index contributed by atoms with van der Waals surface area (Å²) in [5, 5.41) is 10.4. The lowest BCUT2D eigenvalue weighted by Crippen LogP contribution is -2.40. The third kappa shape index (κ3) is 6.08. The van der Waals surface area contributed by atoms with Crippen LogP contribution in [-0.4, -0.2) is 63.2 Å². The van der Waals surface area contributed by atoms with Gasteiger partial charge in [0.2, 0.25) is 11.9 Å². The van der Waals surface area contributed by atoms with Crippen molar-refractivity contribution in [3.05, 3.63) is 81.5 Å². The van der Waals surface area contributed by atoms with E-state index in [9.17, 15) is 14.9 Å². The third-order valence-corrected chi connectivity index (χ3v) is 8.24. The largest absolute Gasteiger partial charge is 0.378 e. The summed E-state index contributed by atoms with van der Waals surface area (Å²) in [6.07, 6.45) is 3.13. The van der Waals surface area contributed by atoms with Crippen molar-refractivity contribution in [1.82, 2.24) is 24.4 Å². The van der Waals surface area contributed by atoms with Gasteiger partial charge in [-0.15, -0.1) is 0 Å². The van der Waals surface area contributed by atoms with Crippen LogP contribution in [0.3, 0.4) is 0 Å². The summed E-state index contributed by atoms with van der Waals surface area (Å²) in [7, 11) is 0. The van der Waals surface area contributed by atoms with E-state index >= 15 is 0 Å². The summed E-state index contributed by atoms with van der Waals surface area (Å²) >= 11 is 0. The number of nitrogens with two attached hydrogens (primary N) is 1. The highest BCUT2D eigenvalue weighted by Crippen LogP contribution is 2.37. The van der Waals surface area contributed by atoms with Gasteiger partial charge < -0.3 is 20.3 Å². The Morgan fingerprint density at radius 2 is 1.87 bits per heavy atom. The average Bonchev–Trinajstić information content (AvgIpc) is 3.55. The van der Waals surface area contributed by atoms with Crippen LogP contribution in [0.1, 0.15) is 60.8 Å². The molecule has 11 heteroatoms. The predicted octanol–water partition coefficient (Wildman–Crippen LogP) is 3.66. The van der Waals surface area contributed by atoms with Crippen LogP contribution in [0.4, 0.5) is 11.8 Å². The highest BCUT2D eigenvalue weighted by molar-refractivity contribution is 5.85. The molecule has 1 atom stereocenters. The maximum absolute atomic E-state index is 14.4. The average molecular weight is 603 g/mol. The zero-order chi connectivity index (χ0) is 31.3. The summed E-state index contributed by atoms with van der Waals surface area (Å²) in [4.78, 5) is 44.5. The fourth-order valence-corrected chi connectivity index (χ4v) is 6.06. The normalized spacial score (nSPS) is 16.3. The summed E-state index contributed by atoms with van der Waals surface area (Å²) in [5.41, 5.74) is 8.47. The van der Waals surface area contributed by atoms with Crippen molar-refractivity contribution >= 4 is 28.6 Å². The van der Waals surface area contributed by atoms with Gasteiger partial charge in [0.15, 0.2) is 5.82 Å². The number of amides is 1. The van der Waals surface area contributed by atoms with E-state index < -0.39 is 0 Å². The summed E-state index contributed by atoms with van der Waals surface area (Å²) in [6.45, 7) is 4.79. The summed E-state index contributed by atoms with van der Waals surface area (Å²) in [5.74, 6) is 7.58. The first-order valence-corrected chi connectivity index (χ1v) is 15.2. The second kappa shape index (κ2) is 13.2. The molecule has 2 N–H and O–H groups in total. The molecule has 0 unspecified atom stereocenters. The monoisotopic (exact) mass is 602 g/mol. The van der Waals surface area contributed by atoms with Gasteiger partial charge in [0.25, 0.3) is 5.56 Å². The SMILES string of the molecule is Cc1nc(N)nc(N2CCC[C@H]2c2nc3cccc(C#CCCCC(=O)N4CCOCC4)c3c(=O)n2-c2ccccc2)c1C#N. The number of carbonyl (C=O) groups excluding carboxylic acids is 1. The van der Waals surface area contributed by atoms with E-state index in [4.69, 9.17) is 15.5 Å². The zero-order valence-corrected chi connectivity index (χ0v) is 25.2. The lowest BCUT2D eigenvalue weighted by Gasteiger charge is -2.28. The Kier molecular flexibility index (Phi) is 8.72. The van der Waals surface area contributed by atoms with Gasteiger partial charge in [-0.05, 0) is 50.5 Å². The maximum Gasteiger partial charge on any atom is 0.267 e. The van der Waals surface area contributed by atoms with Crippen LogP contribution in [0.15, 0.2) is 53.3 Å². The molecule has 0 bridgehead atoms. The van der Waals surface area contributed by atoms with Crippen molar-refractivity contribution < 1.29 is 9.53 Å². The van der Waals surface area contributed by atoms with Crippen LogP contribution in [0.5, 0.6) is 0 Å². The van der Waals surface area contributed by atoms with Gasteiger partial charge in [0.1, 0.15) is 17.5 Å². The number of ether oxygens (including phenoxy) is 1. The standard InChI is InChI=1S/C34H34N8O3/c1-23-26(22-35)31(39-34(36)37-23)41-17-9-15-28(41)32-38-27-14-8-11-24(30(27)33(44)42(32)25-12-5-3-6-13-25)10-4-2-7-16-29(43)40-18-20-45-21-19-40/h3,5-6,8,11-14,28H,2,7,9,15-21H2,1H3,(H2,36,37,39)/t28-/m0/s1. The molecule has 2 aromatic carbocycles. The van der Waals surface area contributed by atoms with Gasteiger partial charge in [0.05, 0.1) is 41.5 Å². The van der Waals surface area contributed by atoms with E-state index in [1.165, 1.54) is 0 Å². The number of rotatable bonds is 6. The molecular formula is C34H34N8O3. The molecule has 1 amide bonds. The first-order chi connectivity index (χ1) is 22.0. The second-order valence-corrected chi connectivity index (χ2v) is 11.1. The van der Waals surface area contributed by atoms with Crippen molar-refractivity contribution in [3.8, 4) is 23.6 Å². The number of nitrogen functional groups attached to an aromatic ring is 1. The maximum atomic E-state index is 14.4. The van der Waals surface area contributed by atoms with Crippen LogP contribution in [0, 0.1) is 30.1 Å². The number of nitrogens with zero attached hydrogens (tertiary/aromatic N) is 7. The second-order valence-electron chi connectivity index (χ2n) is 11.1. The molecule has 0 saturated carbocycles. The summed E-state index contributed by atoms with van der Waals surface area (Å²) < 4.78 is 6.98. The van der Waals surface area contributed by atoms with Gasteiger partial charge in [0, 0.05) is 38.0 Å². The van der Waals surface area contributed by atoms with Crippen molar-refractivity contribution in [2.24, 2.45) is 0 Å². The number of morpholine rings is 1. The topological polar surface area (TPSA) is 143 Å². The Labute approximate surface area is 261 Å². The van der Waals surface area contributed by atoms with Crippen LogP contribution in [0.25, 0.3) is 16.6 Å². The van der Waals surface area contributed by atoms with E-state index in [0.29, 0.717) is 104 Å². The van der Waals surface area contributed by atoms with Crippen molar-refractivity contribution in [2.75, 3.05) is 43.5 Å². The smallest absolute Gasteiger partial charge is 0.267 e. The Morgan fingerprint density at radius 3 is 2.64 bits per heavy atom. The Bertz CT molecular complexity index is 1900. The number of aryl methyl sites for hydroxylation is 1. The molecule has 2 aliphatic rings. The zero-order valence-electron chi connectivity index (χ0n) is 25.2. The molecule has 228 valence electrons. The number of anilines is 2. The lowest BCUT2D eigenvalue weighted by atomic mass is 10.1. The Hall–Kier alpha value is -5.26. The van der Waals surface area contributed by atoms with Gasteiger partial charge in [-0.2, -0.15) is 10.2 Å². The van der Waals surface area contributed by atoms with Crippen LogP contribution in [-0.2, 0) is 9.53 Å². The molecule has 4 aromatic rings. The number of fused-ring (bicyclic) bond motifs is 1. The van der Waals surface area contributed by atoms with Gasteiger partial charge in [-0.1, -0.05) is 36.1 Å². The fourth-order valence-electron chi connectivity index (χ4n) is 6.06. The molecule has 0 aliphatic carbocycles. The van der Waals surface area contributed by atoms with E-state index in [1.54, 1.807) is 11.5 Å². The Balaban J connectivity index is 1.37. The Morgan fingerprint density at radius 1 is 1.07 bits per heavy atom. The minimum atomic E-state index is -0.332. The lowest BCUT2D eigenvalue weighted by molar-refractivity contribution is -0.135. The number of nitriles is 1. The molecule has 45 heavy (non-hydrogen) atoms. The molecule has 6 rings (SSSR count). The van der Waals surface area contributed by atoms with Gasteiger partial charge >= 0.3 is 0 Å². The minimum Gasteiger partial charge on any atom is -0.378 e. The quantitative estimate of drug-likeness (QED) is 0.258. The van der Waals surface area contributed by atoms with Gasteiger partial charge in [-0.3, -0.25) is 14.2 Å². The van der Waals surface area contributed by atoms with Crippen molar-refractivity contribution in [3.63, 3.8) is 0 Å². The number of hydrogen-bond acceptors (Lipinski definition) is 9. The van der Waals surface area contributed by atoms with Crippen LogP contribution >= 0.6 is 0 Å². The van der Waals surface area contributed by atoms with E-state index in [2.05, 4.69) is 27.9 Å². The van der Waals surface area contributed by atoms with E-state index in [1.807, 2.05) is 58.3 Å². The predicted molar refractivity (Wildman–Crippen MR) is 171 cm³/mol. The molecular weight excluding hydrogens is 568 g/mol. The first kappa shape index (κ1) is 29.8. The van der Waals surface area contributed by atoms with Gasteiger partial charge in [-0.25, -0.2) is 9.97 Å². The molecule has 11 nitrogen and oxygen atoms in total. The van der Waals surface area contributed by atoms with E-state index in [0.717, 1.165) is 6.42 Å². The highest BCUT2D eigenvalue weighted by Gasteiger charge is 2.34. The number of benzene rings is 2.